The first-order chi connectivity index (χ1) is 13.2. The van der Waals surface area contributed by atoms with Crippen LogP contribution in [0.4, 0.5) is 10.3 Å². The van der Waals surface area contributed by atoms with Gasteiger partial charge in [0.2, 0.25) is 5.95 Å². The summed E-state index contributed by atoms with van der Waals surface area (Å²) in [6.07, 6.45) is 0. The van der Waals surface area contributed by atoms with E-state index in [4.69, 9.17) is 9.26 Å². The summed E-state index contributed by atoms with van der Waals surface area (Å²) >= 11 is 1.51. The van der Waals surface area contributed by atoms with Gasteiger partial charge in [-0.15, -0.1) is 10.2 Å². The Morgan fingerprint density at radius 1 is 1.15 bits per heavy atom. The Labute approximate surface area is 159 Å². The van der Waals surface area contributed by atoms with Crippen molar-refractivity contribution in [1.29, 1.82) is 0 Å². The molecule has 0 bridgehead atoms. The SMILES string of the molecule is CCn1c(SCc2noc(-c3ccc(F)cc3)n2)nnc1N1CCOCC1. The van der Waals surface area contributed by atoms with Crippen LogP contribution in [-0.4, -0.2) is 51.2 Å². The minimum atomic E-state index is -0.302. The number of ether oxygens (including phenoxy) is 1. The van der Waals surface area contributed by atoms with E-state index in [1.165, 1.54) is 23.9 Å². The van der Waals surface area contributed by atoms with Crippen molar-refractivity contribution < 1.29 is 13.7 Å². The summed E-state index contributed by atoms with van der Waals surface area (Å²) in [5.74, 6) is 1.99. The van der Waals surface area contributed by atoms with Gasteiger partial charge in [0.25, 0.3) is 5.89 Å². The van der Waals surface area contributed by atoms with Gasteiger partial charge in [0.15, 0.2) is 11.0 Å². The van der Waals surface area contributed by atoms with Crippen molar-refractivity contribution >= 4 is 17.7 Å². The van der Waals surface area contributed by atoms with E-state index in [9.17, 15) is 4.39 Å². The van der Waals surface area contributed by atoms with E-state index in [1.54, 1.807) is 12.1 Å². The first-order valence-electron chi connectivity index (χ1n) is 8.72. The standard InChI is InChI=1S/C17H19FN6O2S/c1-2-24-16(23-7-9-25-10-8-23)20-21-17(24)27-11-14-19-15(26-22-14)12-3-5-13(18)6-4-12/h3-6H,2,7-11H2,1H3. The molecule has 10 heteroatoms. The van der Waals surface area contributed by atoms with Gasteiger partial charge in [-0.1, -0.05) is 16.9 Å². The number of rotatable bonds is 6. The van der Waals surface area contributed by atoms with E-state index in [0.29, 0.717) is 36.2 Å². The highest BCUT2D eigenvalue weighted by molar-refractivity contribution is 7.98. The van der Waals surface area contributed by atoms with Crippen LogP contribution in [0.5, 0.6) is 0 Å². The van der Waals surface area contributed by atoms with E-state index in [0.717, 1.165) is 30.7 Å². The van der Waals surface area contributed by atoms with Crippen LogP contribution >= 0.6 is 11.8 Å². The zero-order valence-electron chi connectivity index (χ0n) is 14.8. The number of halogens is 1. The third-order valence-electron chi connectivity index (χ3n) is 4.20. The molecule has 0 unspecified atom stereocenters. The predicted molar refractivity (Wildman–Crippen MR) is 98.0 cm³/mol. The van der Waals surface area contributed by atoms with E-state index < -0.39 is 0 Å². The maximum atomic E-state index is 13.0. The molecule has 0 atom stereocenters. The number of benzene rings is 1. The number of hydrogen-bond acceptors (Lipinski definition) is 8. The fourth-order valence-corrected chi connectivity index (χ4v) is 3.65. The number of anilines is 1. The van der Waals surface area contributed by atoms with Gasteiger partial charge in [-0.3, -0.25) is 4.57 Å². The minimum Gasteiger partial charge on any atom is -0.378 e. The van der Waals surface area contributed by atoms with E-state index in [1.807, 2.05) is 0 Å². The first-order valence-corrected chi connectivity index (χ1v) is 9.70. The average Bonchev–Trinajstić information content (AvgIpc) is 3.34. The molecule has 0 saturated carbocycles. The predicted octanol–water partition coefficient (Wildman–Crippen LogP) is 2.62. The summed E-state index contributed by atoms with van der Waals surface area (Å²) in [6.45, 7) is 5.87. The molecule has 142 valence electrons. The number of thioether (sulfide) groups is 1. The summed E-state index contributed by atoms with van der Waals surface area (Å²) in [7, 11) is 0. The lowest BCUT2D eigenvalue weighted by Gasteiger charge is -2.27. The number of aromatic nitrogens is 5. The highest BCUT2D eigenvalue weighted by Gasteiger charge is 2.20. The van der Waals surface area contributed by atoms with Crippen LogP contribution in [0, 0.1) is 5.82 Å². The number of hydrogen-bond donors (Lipinski definition) is 0. The fourth-order valence-electron chi connectivity index (χ4n) is 2.81. The molecule has 4 rings (SSSR count). The van der Waals surface area contributed by atoms with Crippen LogP contribution in [0.1, 0.15) is 12.7 Å². The molecule has 3 heterocycles. The van der Waals surface area contributed by atoms with Crippen LogP contribution in [0.3, 0.4) is 0 Å². The molecule has 1 fully saturated rings. The summed E-state index contributed by atoms with van der Waals surface area (Å²) in [4.78, 5) is 6.56. The van der Waals surface area contributed by atoms with Crippen LogP contribution in [-0.2, 0) is 17.0 Å². The molecule has 1 aromatic carbocycles. The molecule has 3 aromatic rings. The summed E-state index contributed by atoms with van der Waals surface area (Å²) in [5.41, 5.74) is 0.687. The van der Waals surface area contributed by atoms with Crippen molar-refractivity contribution in [3.63, 3.8) is 0 Å². The van der Waals surface area contributed by atoms with Gasteiger partial charge in [-0.25, -0.2) is 4.39 Å². The van der Waals surface area contributed by atoms with E-state index in [2.05, 4.69) is 36.7 Å². The molecule has 0 amide bonds. The van der Waals surface area contributed by atoms with Crippen LogP contribution in [0.2, 0.25) is 0 Å². The lowest BCUT2D eigenvalue weighted by molar-refractivity contribution is 0.121. The number of morpholine rings is 1. The van der Waals surface area contributed by atoms with Gasteiger partial charge in [-0.05, 0) is 31.2 Å². The summed E-state index contributed by atoms with van der Waals surface area (Å²) in [6, 6.07) is 5.96. The quantitative estimate of drug-likeness (QED) is 0.594. The molecule has 1 aliphatic rings. The second kappa shape index (κ2) is 8.05. The van der Waals surface area contributed by atoms with Gasteiger partial charge < -0.3 is 14.2 Å². The van der Waals surface area contributed by atoms with E-state index in [-0.39, 0.29) is 5.82 Å². The average molecular weight is 390 g/mol. The van der Waals surface area contributed by atoms with Crippen molar-refractivity contribution in [2.45, 2.75) is 24.4 Å². The van der Waals surface area contributed by atoms with Crippen molar-refractivity contribution in [3.8, 4) is 11.5 Å². The molecule has 1 aliphatic heterocycles. The maximum Gasteiger partial charge on any atom is 0.257 e. The smallest absolute Gasteiger partial charge is 0.257 e. The molecule has 0 spiro atoms. The van der Waals surface area contributed by atoms with Gasteiger partial charge in [0.1, 0.15) is 5.82 Å². The van der Waals surface area contributed by atoms with Crippen molar-refractivity contribution in [3.05, 3.63) is 35.9 Å². The molecule has 0 N–H and O–H groups in total. The Hall–Kier alpha value is -2.46. The lowest BCUT2D eigenvalue weighted by atomic mass is 10.2. The molecular weight excluding hydrogens is 371 g/mol. The Morgan fingerprint density at radius 2 is 1.93 bits per heavy atom. The number of nitrogens with zero attached hydrogens (tertiary/aromatic N) is 6. The molecule has 0 aliphatic carbocycles. The van der Waals surface area contributed by atoms with Crippen LogP contribution in [0.15, 0.2) is 33.9 Å². The summed E-state index contributed by atoms with van der Waals surface area (Å²) < 4.78 is 25.8. The van der Waals surface area contributed by atoms with Crippen LogP contribution < -0.4 is 4.90 Å². The van der Waals surface area contributed by atoms with Gasteiger partial charge >= 0.3 is 0 Å². The normalized spacial score (nSPS) is 14.7. The van der Waals surface area contributed by atoms with Crippen LogP contribution in [0.25, 0.3) is 11.5 Å². The Bertz CT molecular complexity index is 891. The fraction of sp³-hybridized carbons (Fsp3) is 0.412. The van der Waals surface area contributed by atoms with E-state index >= 15 is 0 Å². The largest absolute Gasteiger partial charge is 0.378 e. The minimum absolute atomic E-state index is 0.302. The monoisotopic (exact) mass is 390 g/mol. The van der Waals surface area contributed by atoms with Gasteiger partial charge in [0, 0.05) is 25.2 Å². The topological polar surface area (TPSA) is 82.1 Å². The molecular formula is C17H19FN6O2S. The highest BCUT2D eigenvalue weighted by Crippen LogP contribution is 2.26. The Balaban J connectivity index is 1.44. The zero-order chi connectivity index (χ0) is 18.6. The summed E-state index contributed by atoms with van der Waals surface area (Å²) in [5, 5.41) is 13.5. The van der Waals surface area contributed by atoms with Crippen molar-refractivity contribution in [2.75, 3.05) is 31.2 Å². The molecule has 8 nitrogen and oxygen atoms in total. The lowest BCUT2D eigenvalue weighted by Crippen LogP contribution is -2.38. The molecule has 0 radical (unpaired) electrons. The van der Waals surface area contributed by atoms with Crippen molar-refractivity contribution in [1.82, 2.24) is 24.9 Å². The first kappa shape index (κ1) is 17.9. The second-order valence-corrected chi connectivity index (χ2v) is 6.88. The van der Waals surface area contributed by atoms with Gasteiger partial charge in [0.05, 0.1) is 19.0 Å². The Morgan fingerprint density at radius 3 is 2.67 bits per heavy atom. The molecule has 2 aromatic heterocycles. The molecule has 1 saturated heterocycles. The zero-order valence-corrected chi connectivity index (χ0v) is 15.7. The van der Waals surface area contributed by atoms with Gasteiger partial charge in [-0.2, -0.15) is 4.98 Å². The highest BCUT2D eigenvalue weighted by atomic mass is 32.2. The second-order valence-electron chi connectivity index (χ2n) is 5.94. The van der Waals surface area contributed by atoms with Crippen molar-refractivity contribution in [2.24, 2.45) is 0 Å². The molecule has 27 heavy (non-hydrogen) atoms. The maximum absolute atomic E-state index is 13.0. The third kappa shape index (κ3) is 3.96. The Kier molecular flexibility index (Phi) is 5.35. The third-order valence-corrected chi connectivity index (χ3v) is 5.16.